The standard InChI is InChI=1S/C15H10O7/c16-6-3-10(18)8(11(19)4-6)5-12-13(20)7-1-2-9(17)14(21)15(7)22-12/h1-5,16-19,21H/b12-5-. The summed E-state index contributed by atoms with van der Waals surface area (Å²) < 4.78 is 5.19. The van der Waals surface area contributed by atoms with Crippen LogP contribution in [0.5, 0.6) is 34.5 Å². The van der Waals surface area contributed by atoms with E-state index >= 15 is 0 Å². The van der Waals surface area contributed by atoms with Gasteiger partial charge in [0.1, 0.15) is 17.2 Å². The van der Waals surface area contributed by atoms with Gasteiger partial charge < -0.3 is 30.3 Å². The summed E-state index contributed by atoms with van der Waals surface area (Å²) in [4.78, 5) is 12.2. The van der Waals surface area contributed by atoms with Crippen molar-refractivity contribution in [2.24, 2.45) is 0 Å². The van der Waals surface area contributed by atoms with Crippen LogP contribution in [0, 0.1) is 0 Å². The monoisotopic (exact) mass is 302 g/mol. The topological polar surface area (TPSA) is 127 Å². The average Bonchev–Trinajstić information content (AvgIpc) is 2.76. The number of fused-ring (bicyclic) bond motifs is 1. The number of ketones is 1. The molecule has 0 aliphatic carbocycles. The maximum absolute atomic E-state index is 12.2. The van der Waals surface area contributed by atoms with E-state index in [1.54, 1.807) is 0 Å². The first-order valence-electron chi connectivity index (χ1n) is 6.12. The average molecular weight is 302 g/mol. The highest BCUT2D eigenvalue weighted by molar-refractivity contribution is 6.15. The van der Waals surface area contributed by atoms with Gasteiger partial charge in [0.25, 0.3) is 0 Å². The lowest BCUT2D eigenvalue weighted by Crippen LogP contribution is -1.98. The van der Waals surface area contributed by atoms with Crippen LogP contribution in [0.1, 0.15) is 15.9 Å². The Morgan fingerprint density at radius 2 is 1.55 bits per heavy atom. The van der Waals surface area contributed by atoms with Gasteiger partial charge in [-0.25, -0.2) is 0 Å². The predicted octanol–water partition coefficient (Wildman–Crippen LogP) is 1.83. The molecule has 0 radical (unpaired) electrons. The normalized spacial score (nSPS) is 14.9. The number of carbonyl (C=O) groups is 1. The highest BCUT2D eigenvalue weighted by Crippen LogP contribution is 2.45. The van der Waals surface area contributed by atoms with Gasteiger partial charge in [-0.3, -0.25) is 4.79 Å². The van der Waals surface area contributed by atoms with Gasteiger partial charge in [0.15, 0.2) is 17.3 Å². The zero-order valence-corrected chi connectivity index (χ0v) is 10.9. The third kappa shape index (κ3) is 1.96. The van der Waals surface area contributed by atoms with Crippen LogP contribution in [0.4, 0.5) is 0 Å². The number of allylic oxidation sites excluding steroid dienone is 1. The van der Waals surface area contributed by atoms with Crippen LogP contribution in [-0.4, -0.2) is 31.3 Å². The second-order valence-corrected chi connectivity index (χ2v) is 4.65. The molecule has 2 aromatic rings. The number of benzene rings is 2. The number of phenols is 5. The van der Waals surface area contributed by atoms with Gasteiger partial charge >= 0.3 is 0 Å². The number of rotatable bonds is 1. The van der Waals surface area contributed by atoms with Crippen molar-refractivity contribution < 1.29 is 35.1 Å². The molecule has 0 bridgehead atoms. The van der Waals surface area contributed by atoms with Crippen molar-refractivity contribution >= 4 is 11.9 Å². The number of aromatic hydroxyl groups is 5. The van der Waals surface area contributed by atoms with E-state index in [1.165, 1.54) is 6.07 Å². The van der Waals surface area contributed by atoms with E-state index in [1.807, 2.05) is 0 Å². The number of Topliss-reactive ketones (excluding diaryl/α,β-unsaturated/α-hetero) is 1. The van der Waals surface area contributed by atoms with Gasteiger partial charge in [-0.05, 0) is 18.2 Å². The van der Waals surface area contributed by atoms with Crippen molar-refractivity contribution in [2.45, 2.75) is 0 Å². The predicted molar refractivity (Wildman–Crippen MR) is 74.1 cm³/mol. The van der Waals surface area contributed by atoms with Crippen molar-refractivity contribution in [3.63, 3.8) is 0 Å². The van der Waals surface area contributed by atoms with E-state index in [4.69, 9.17) is 4.74 Å². The van der Waals surface area contributed by atoms with Gasteiger partial charge in [0.2, 0.25) is 11.5 Å². The molecule has 3 rings (SSSR count). The number of hydrogen-bond donors (Lipinski definition) is 5. The number of hydrogen-bond acceptors (Lipinski definition) is 7. The zero-order chi connectivity index (χ0) is 16.0. The number of phenolic OH excluding ortho intramolecular Hbond substituents is 5. The van der Waals surface area contributed by atoms with Crippen molar-refractivity contribution in [1.29, 1.82) is 0 Å². The zero-order valence-electron chi connectivity index (χ0n) is 10.9. The van der Waals surface area contributed by atoms with Gasteiger partial charge in [-0.1, -0.05) is 0 Å². The molecule has 0 fully saturated rings. The number of ether oxygens (including phenoxy) is 1. The molecular weight excluding hydrogens is 292 g/mol. The van der Waals surface area contributed by atoms with E-state index in [0.717, 1.165) is 24.3 Å². The highest BCUT2D eigenvalue weighted by Gasteiger charge is 2.31. The Morgan fingerprint density at radius 3 is 2.18 bits per heavy atom. The van der Waals surface area contributed by atoms with Crippen LogP contribution in [0.3, 0.4) is 0 Å². The third-order valence-corrected chi connectivity index (χ3v) is 3.19. The van der Waals surface area contributed by atoms with E-state index < -0.39 is 28.8 Å². The Balaban J connectivity index is 2.09. The van der Waals surface area contributed by atoms with E-state index in [9.17, 15) is 30.3 Å². The first-order valence-corrected chi connectivity index (χ1v) is 6.12. The molecule has 22 heavy (non-hydrogen) atoms. The summed E-state index contributed by atoms with van der Waals surface area (Å²) in [7, 11) is 0. The van der Waals surface area contributed by atoms with Crippen molar-refractivity contribution in [3.05, 3.63) is 41.2 Å². The Hall–Kier alpha value is -3.35. The molecule has 5 N–H and O–H groups in total. The minimum Gasteiger partial charge on any atom is -0.508 e. The van der Waals surface area contributed by atoms with Crippen LogP contribution in [0.15, 0.2) is 30.0 Å². The fourth-order valence-corrected chi connectivity index (χ4v) is 2.11. The lowest BCUT2D eigenvalue weighted by molar-refractivity contribution is 0.101. The summed E-state index contributed by atoms with van der Waals surface area (Å²) in [5.74, 6) is -3.31. The minimum absolute atomic E-state index is 0.0410. The molecular formula is C15H10O7. The lowest BCUT2D eigenvalue weighted by atomic mass is 10.1. The molecule has 1 aliphatic rings. The van der Waals surface area contributed by atoms with E-state index in [0.29, 0.717) is 0 Å². The van der Waals surface area contributed by atoms with E-state index in [-0.39, 0.29) is 28.4 Å². The van der Waals surface area contributed by atoms with Crippen LogP contribution in [0.2, 0.25) is 0 Å². The lowest BCUT2D eigenvalue weighted by Gasteiger charge is -2.05. The molecule has 1 aliphatic heterocycles. The Morgan fingerprint density at radius 1 is 0.909 bits per heavy atom. The largest absolute Gasteiger partial charge is 0.508 e. The highest BCUT2D eigenvalue weighted by atomic mass is 16.5. The molecule has 0 spiro atoms. The van der Waals surface area contributed by atoms with Crippen LogP contribution < -0.4 is 4.74 Å². The maximum Gasteiger partial charge on any atom is 0.232 e. The van der Waals surface area contributed by atoms with Crippen molar-refractivity contribution in [3.8, 4) is 34.5 Å². The Kier molecular flexibility index (Phi) is 2.84. The van der Waals surface area contributed by atoms with E-state index in [2.05, 4.69) is 0 Å². The van der Waals surface area contributed by atoms with Gasteiger partial charge in [0, 0.05) is 12.1 Å². The first-order chi connectivity index (χ1) is 10.4. The summed E-state index contributed by atoms with van der Waals surface area (Å²) in [6, 6.07) is 4.40. The molecule has 1 heterocycles. The molecule has 0 atom stereocenters. The van der Waals surface area contributed by atoms with Crippen molar-refractivity contribution in [1.82, 2.24) is 0 Å². The molecule has 0 aromatic heterocycles. The summed E-state index contributed by atoms with van der Waals surface area (Å²) >= 11 is 0. The first kappa shape index (κ1) is 13.6. The summed E-state index contributed by atoms with van der Waals surface area (Å²) in [5, 5.41) is 47.7. The molecule has 112 valence electrons. The minimum atomic E-state index is -0.586. The summed E-state index contributed by atoms with van der Waals surface area (Å²) in [6.45, 7) is 0. The second kappa shape index (κ2) is 4.59. The van der Waals surface area contributed by atoms with Crippen LogP contribution in [0.25, 0.3) is 6.08 Å². The maximum atomic E-state index is 12.2. The Labute approximate surface area is 123 Å². The van der Waals surface area contributed by atoms with Gasteiger partial charge in [-0.2, -0.15) is 0 Å². The quantitative estimate of drug-likeness (QED) is 0.401. The Bertz CT molecular complexity index is 813. The SMILES string of the molecule is O=C1/C(=C/c2c(O)cc(O)cc2O)Oc2c1ccc(O)c2O. The molecule has 0 unspecified atom stereocenters. The molecule has 0 amide bonds. The number of carbonyl (C=O) groups excluding carboxylic acids is 1. The molecule has 2 aromatic carbocycles. The summed E-state index contributed by atoms with van der Waals surface area (Å²) in [5.41, 5.74) is -0.0861. The van der Waals surface area contributed by atoms with Crippen LogP contribution in [-0.2, 0) is 0 Å². The molecule has 0 saturated heterocycles. The van der Waals surface area contributed by atoms with Crippen LogP contribution >= 0.6 is 0 Å². The molecule has 7 heteroatoms. The second-order valence-electron chi connectivity index (χ2n) is 4.65. The molecule has 0 saturated carbocycles. The van der Waals surface area contributed by atoms with Gasteiger partial charge in [0.05, 0.1) is 11.1 Å². The fraction of sp³-hybridized carbons (Fsp3) is 0. The molecule has 7 nitrogen and oxygen atoms in total. The van der Waals surface area contributed by atoms with Crippen molar-refractivity contribution in [2.75, 3.05) is 0 Å². The third-order valence-electron chi connectivity index (χ3n) is 3.19. The fourth-order valence-electron chi connectivity index (χ4n) is 2.11. The van der Waals surface area contributed by atoms with Gasteiger partial charge in [-0.15, -0.1) is 0 Å². The summed E-state index contributed by atoms with van der Waals surface area (Å²) in [6.07, 6.45) is 1.07. The smallest absolute Gasteiger partial charge is 0.232 e.